The summed E-state index contributed by atoms with van der Waals surface area (Å²) in [6.45, 7) is 22.6. The van der Waals surface area contributed by atoms with Gasteiger partial charge in [-0.15, -0.1) is 0 Å². The second kappa shape index (κ2) is 16.1. The van der Waals surface area contributed by atoms with Crippen molar-refractivity contribution in [3.8, 4) is 5.69 Å². The molecule has 0 aliphatic heterocycles. The van der Waals surface area contributed by atoms with Crippen molar-refractivity contribution in [2.24, 2.45) is 45.3 Å². The summed E-state index contributed by atoms with van der Waals surface area (Å²) in [4.78, 5) is 56.0. The number of aliphatic carboxylic acids is 1. The maximum absolute atomic E-state index is 14.6. The molecular formula is C49H72FN3O6. The number of carbonyl (C=O) groups excluding carboxylic acids is 2. The molecule has 0 saturated heterocycles. The van der Waals surface area contributed by atoms with Crippen molar-refractivity contribution in [2.45, 2.75) is 158 Å². The van der Waals surface area contributed by atoms with Crippen LogP contribution < -0.4 is 5.56 Å². The number of carboxylic acids is 1. The molecule has 59 heavy (non-hydrogen) atoms. The molecule has 10 heteroatoms. The van der Waals surface area contributed by atoms with E-state index in [9.17, 15) is 28.7 Å². The van der Waals surface area contributed by atoms with Gasteiger partial charge in [0.1, 0.15) is 11.9 Å². The second-order valence-corrected chi connectivity index (χ2v) is 21.0. The molecule has 1 N–H and O–H groups in total. The molecule has 6 rings (SSSR count). The van der Waals surface area contributed by atoms with Crippen LogP contribution >= 0.6 is 0 Å². The van der Waals surface area contributed by atoms with Crippen LogP contribution in [0.1, 0.15) is 144 Å². The lowest BCUT2D eigenvalue weighted by Gasteiger charge is -2.69. The van der Waals surface area contributed by atoms with E-state index in [0.29, 0.717) is 49.0 Å². The summed E-state index contributed by atoms with van der Waals surface area (Å²) in [6.07, 6.45) is 8.19. The van der Waals surface area contributed by atoms with Gasteiger partial charge < -0.3 is 14.7 Å². The molecule has 1 aromatic heterocycles. The first kappa shape index (κ1) is 45.0. The average molecular weight is 818 g/mol. The van der Waals surface area contributed by atoms with Gasteiger partial charge in [-0.1, -0.05) is 48.5 Å². The Morgan fingerprint density at radius 3 is 2.27 bits per heavy atom. The highest BCUT2D eigenvalue weighted by Gasteiger charge is 2.68. The molecule has 0 spiro atoms. The minimum Gasteiger partial charge on any atom is -0.481 e. The van der Waals surface area contributed by atoms with Gasteiger partial charge in [-0.05, 0) is 168 Å². The van der Waals surface area contributed by atoms with E-state index in [1.807, 2.05) is 27.9 Å². The average Bonchev–Trinajstić information content (AvgIpc) is 3.60. The van der Waals surface area contributed by atoms with Crippen molar-refractivity contribution in [3.05, 3.63) is 62.8 Å². The van der Waals surface area contributed by atoms with Crippen LogP contribution in [0.25, 0.3) is 5.69 Å². The molecule has 4 aliphatic carbocycles. The van der Waals surface area contributed by atoms with Gasteiger partial charge in [0.15, 0.2) is 5.78 Å². The maximum atomic E-state index is 14.6. The number of ketones is 1. The summed E-state index contributed by atoms with van der Waals surface area (Å²) in [5, 5.41) is 9.61. The van der Waals surface area contributed by atoms with E-state index in [1.165, 1.54) is 17.7 Å². The number of hydrogen-bond acceptors (Lipinski definition) is 6. The van der Waals surface area contributed by atoms with Gasteiger partial charge >= 0.3 is 11.9 Å². The van der Waals surface area contributed by atoms with Crippen molar-refractivity contribution in [1.29, 1.82) is 0 Å². The molecule has 2 aromatic rings. The number of halogens is 1. The molecule has 3 saturated carbocycles. The number of likely N-dealkylation sites (N-methyl/N-ethyl adjacent to an activating group) is 1. The number of aromatic nitrogens is 2. The van der Waals surface area contributed by atoms with E-state index in [0.717, 1.165) is 62.6 Å². The van der Waals surface area contributed by atoms with E-state index in [1.54, 1.807) is 30.7 Å². The monoisotopic (exact) mass is 818 g/mol. The number of carbonyl (C=O) groups is 3. The molecule has 0 radical (unpaired) electrons. The smallest absolute Gasteiger partial charge is 0.309 e. The molecule has 0 bridgehead atoms. The number of fused-ring (bicyclic) bond motifs is 5. The highest BCUT2D eigenvalue weighted by molar-refractivity contribution is 6.02. The van der Waals surface area contributed by atoms with Crippen molar-refractivity contribution >= 4 is 17.7 Å². The zero-order valence-corrected chi connectivity index (χ0v) is 38.1. The molecule has 3 fully saturated rings. The van der Waals surface area contributed by atoms with E-state index in [-0.39, 0.29) is 57.8 Å². The van der Waals surface area contributed by atoms with Crippen LogP contribution in [0.5, 0.6) is 0 Å². The van der Waals surface area contributed by atoms with Crippen LogP contribution in [0, 0.1) is 58.1 Å². The Morgan fingerprint density at radius 1 is 1.02 bits per heavy atom. The number of hydrogen-bond donors (Lipinski definition) is 1. The van der Waals surface area contributed by atoms with Crippen molar-refractivity contribution in [2.75, 3.05) is 20.6 Å². The summed E-state index contributed by atoms with van der Waals surface area (Å²) in [6, 6.07) is 6.16. The Kier molecular flexibility index (Phi) is 12.3. The lowest BCUT2D eigenvalue weighted by Crippen LogP contribution is -2.62. The largest absolute Gasteiger partial charge is 0.481 e. The number of esters is 1. The number of ether oxygens (including phenoxy) is 1. The topological polar surface area (TPSA) is 111 Å². The van der Waals surface area contributed by atoms with Gasteiger partial charge in [-0.3, -0.25) is 23.9 Å². The zero-order valence-electron chi connectivity index (χ0n) is 38.1. The molecule has 7 unspecified atom stereocenters. The lowest BCUT2D eigenvalue weighted by atomic mass is 9.35. The Morgan fingerprint density at radius 2 is 1.68 bits per heavy atom. The number of allylic oxidation sites excluding steroid dienone is 2. The first-order valence-corrected chi connectivity index (χ1v) is 22.4. The maximum Gasteiger partial charge on any atom is 0.309 e. The SMILES string of the molecule is CCC(CCC1(C)C(C)CCC2(C)C1CCC1C3=C(C(C)C)C(=O)CC3(c3c(C)c(=O)n(-c4ccc(F)cc4)n3CCN(C)C)CC[C@]12C)OC(=O)CC(C)(C)C(=O)O. The van der Waals surface area contributed by atoms with Crippen molar-refractivity contribution < 1.29 is 28.6 Å². The summed E-state index contributed by atoms with van der Waals surface area (Å²) in [7, 11) is 4.05. The van der Waals surface area contributed by atoms with Crippen LogP contribution in [-0.2, 0) is 31.1 Å². The summed E-state index contributed by atoms with van der Waals surface area (Å²) in [5.74, 6) is -0.498. The molecule has 1 aromatic carbocycles. The second-order valence-electron chi connectivity index (χ2n) is 21.0. The predicted octanol–water partition coefficient (Wildman–Crippen LogP) is 9.68. The third-order valence-electron chi connectivity index (χ3n) is 16.7. The number of benzene rings is 1. The molecule has 8 atom stereocenters. The lowest BCUT2D eigenvalue weighted by molar-refractivity contribution is -0.184. The first-order chi connectivity index (χ1) is 27.5. The summed E-state index contributed by atoms with van der Waals surface area (Å²) < 4.78 is 24.1. The van der Waals surface area contributed by atoms with Crippen molar-refractivity contribution in [1.82, 2.24) is 14.3 Å². The highest BCUT2D eigenvalue weighted by Crippen LogP contribution is 2.75. The summed E-state index contributed by atoms with van der Waals surface area (Å²) in [5.41, 5.74) is 2.46. The van der Waals surface area contributed by atoms with E-state index < -0.39 is 22.8 Å². The highest BCUT2D eigenvalue weighted by atomic mass is 19.1. The van der Waals surface area contributed by atoms with Gasteiger partial charge in [-0.2, -0.15) is 0 Å². The Labute approximate surface area is 352 Å². The fourth-order valence-corrected chi connectivity index (χ4v) is 13.0. The minimum absolute atomic E-state index is 0.00788. The number of Topliss-reactive ketones (excluding diaryl/α,β-unsaturated/α-hetero) is 1. The zero-order chi connectivity index (χ0) is 43.6. The Hall–Kier alpha value is -3.53. The normalized spacial score (nSPS) is 31.3. The minimum atomic E-state index is -1.18. The van der Waals surface area contributed by atoms with E-state index in [4.69, 9.17) is 4.74 Å². The Balaban J connectivity index is 1.40. The van der Waals surface area contributed by atoms with Crippen molar-refractivity contribution in [3.63, 3.8) is 0 Å². The van der Waals surface area contributed by atoms with Crippen LogP contribution in [0.3, 0.4) is 0 Å². The summed E-state index contributed by atoms with van der Waals surface area (Å²) >= 11 is 0. The quantitative estimate of drug-likeness (QED) is 0.189. The standard InChI is InChI=1S/C49H72FN3O6/c1-13-35(59-39(55)29-45(6,7)44(57)58)21-22-46(8)31(4)20-23-48(10)38(46)19-18-36-41-40(30(2)3)37(54)28-49(41,25-24-47(36,48)9)42-32(5)43(56)53(52(42)27-26-51(11)12)34-16-14-33(50)15-17-34/h14-17,30-31,35-36,38H,13,18-29H2,1-12H3,(H,57,58)/t31?,35?,36?,38?,46?,47-,48?,49?/m1/s1. The van der Waals surface area contributed by atoms with Crippen LogP contribution in [-0.4, -0.2) is 63.8 Å². The first-order valence-electron chi connectivity index (χ1n) is 22.4. The molecule has 0 amide bonds. The van der Waals surface area contributed by atoms with Crippen LogP contribution in [0.15, 0.2) is 40.2 Å². The van der Waals surface area contributed by atoms with Gasteiger partial charge in [0.2, 0.25) is 0 Å². The third-order valence-corrected chi connectivity index (χ3v) is 16.7. The van der Waals surface area contributed by atoms with Gasteiger partial charge in [0, 0.05) is 23.9 Å². The third kappa shape index (κ3) is 7.39. The molecular weight excluding hydrogens is 746 g/mol. The van der Waals surface area contributed by atoms with Gasteiger partial charge in [0.25, 0.3) is 5.56 Å². The van der Waals surface area contributed by atoms with Crippen LogP contribution in [0.4, 0.5) is 4.39 Å². The number of rotatable bonds is 14. The molecule has 1 heterocycles. The van der Waals surface area contributed by atoms with Crippen LogP contribution in [0.2, 0.25) is 0 Å². The molecule has 9 nitrogen and oxygen atoms in total. The van der Waals surface area contributed by atoms with E-state index in [2.05, 4.69) is 51.1 Å². The molecule has 4 aliphatic rings. The Bertz CT molecular complexity index is 2040. The fourth-order valence-electron chi connectivity index (χ4n) is 13.0. The predicted molar refractivity (Wildman–Crippen MR) is 230 cm³/mol. The number of nitrogens with zero attached hydrogens (tertiary/aromatic N) is 3. The van der Waals surface area contributed by atoms with Gasteiger partial charge in [-0.25, -0.2) is 9.07 Å². The molecule has 326 valence electrons. The number of carboxylic acid groups (broad SMARTS) is 1. The fraction of sp³-hybridized carbons (Fsp3) is 0.714. The van der Waals surface area contributed by atoms with E-state index >= 15 is 0 Å². The van der Waals surface area contributed by atoms with Gasteiger partial charge in [0.05, 0.1) is 29.8 Å².